The first-order valence-electron chi connectivity index (χ1n) is 7.79. The summed E-state index contributed by atoms with van der Waals surface area (Å²) in [6.45, 7) is 2.80. The van der Waals surface area contributed by atoms with Crippen LogP contribution in [0.4, 0.5) is 13.2 Å². The van der Waals surface area contributed by atoms with E-state index in [-0.39, 0.29) is 30.1 Å². The number of carbonyl (C=O) groups is 1. The maximum absolute atomic E-state index is 12.2. The standard InChI is InChI=1S/C16H22F3N3O3S/c1-3-8-21-26(24,25)14-7-4-6-13(11-14)15(23)20-9-5-10-22(2)12-16(17,18)19/h3-4,6-7,11,21H,1,5,8-10,12H2,2H3,(H,20,23). The Hall–Kier alpha value is -1.91. The Bertz CT molecular complexity index is 721. The van der Waals surface area contributed by atoms with E-state index in [1.54, 1.807) is 0 Å². The van der Waals surface area contributed by atoms with Crippen LogP contribution >= 0.6 is 0 Å². The van der Waals surface area contributed by atoms with Crippen LogP contribution in [0.5, 0.6) is 0 Å². The molecule has 0 aliphatic carbocycles. The van der Waals surface area contributed by atoms with Crippen molar-refractivity contribution in [3.05, 3.63) is 42.5 Å². The minimum Gasteiger partial charge on any atom is -0.352 e. The first kappa shape index (κ1) is 22.1. The SMILES string of the molecule is C=CCNS(=O)(=O)c1cccc(C(=O)NCCCN(C)CC(F)(F)F)c1. The van der Waals surface area contributed by atoms with E-state index in [1.807, 2.05) is 0 Å². The van der Waals surface area contributed by atoms with Crippen molar-refractivity contribution in [3.63, 3.8) is 0 Å². The molecule has 26 heavy (non-hydrogen) atoms. The lowest BCUT2D eigenvalue weighted by molar-refractivity contribution is -0.143. The van der Waals surface area contributed by atoms with Crippen LogP contribution in [0.25, 0.3) is 0 Å². The number of hydrogen-bond acceptors (Lipinski definition) is 4. The Kier molecular flexibility index (Phi) is 8.25. The Balaban J connectivity index is 2.56. The average Bonchev–Trinajstić information content (AvgIpc) is 2.55. The van der Waals surface area contributed by atoms with Crippen molar-refractivity contribution in [2.24, 2.45) is 0 Å². The highest BCUT2D eigenvalue weighted by atomic mass is 32.2. The number of sulfonamides is 1. The highest BCUT2D eigenvalue weighted by Crippen LogP contribution is 2.15. The Morgan fingerprint density at radius 1 is 1.35 bits per heavy atom. The van der Waals surface area contributed by atoms with Gasteiger partial charge in [-0.25, -0.2) is 13.1 Å². The zero-order valence-corrected chi connectivity index (χ0v) is 15.2. The molecule has 1 aromatic carbocycles. The van der Waals surface area contributed by atoms with Gasteiger partial charge in [0.2, 0.25) is 10.0 Å². The molecule has 0 saturated heterocycles. The first-order valence-corrected chi connectivity index (χ1v) is 9.27. The van der Waals surface area contributed by atoms with E-state index >= 15 is 0 Å². The van der Waals surface area contributed by atoms with Gasteiger partial charge in [0.25, 0.3) is 5.91 Å². The van der Waals surface area contributed by atoms with Crippen LogP contribution in [-0.2, 0) is 10.0 Å². The zero-order valence-electron chi connectivity index (χ0n) is 14.3. The summed E-state index contributed by atoms with van der Waals surface area (Å²) >= 11 is 0. The van der Waals surface area contributed by atoms with Gasteiger partial charge in [-0.2, -0.15) is 13.2 Å². The third kappa shape index (κ3) is 7.98. The molecule has 1 rings (SSSR count). The van der Waals surface area contributed by atoms with Crippen molar-refractivity contribution in [1.29, 1.82) is 0 Å². The van der Waals surface area contributed by atoms with Crippen molar-refractivity contribution in [1.82, 2.24) is 14.9 Å². The summed E-state index contributed by atoms with van der Waals surface area (Å²) in [7, 11) is -2.40. The molecule has 146 valence electrons. The van der Waals surface area contributed by atoms with Crippen LogP contribution < -0.4 is 10.0 Å². The van der Waals surface area contributed by atoms with E-state index in [0.29, 0.717) is 6.42 Å². The fourth-order valence-electron chi connectivity index (χ4n) is 2.09. The monoisotopic (exact) mass is 393 g/mol. The minimum atomic E-state index is -4.26. The van der Waals surface area contributed by atoms with Gasteiger partial charge in [0.15, 0.2) is 0 Å². The summed E-state index contributed by atoms with van der Waals surface area (Å²) in [6, 6.07) is 5.48. The molecule has 0 unspecified atom stereocenters. The number of amides is 1. The third-order valence-corrected chi connectivity index (χ3v) is 4.70. The Morgan fingerprint density at radius 3 is 2.65 bits per heavy atom. The smallest absolute Gasteiger partial charge is 0.352 e. The Morgan fingerprint density at radius 2 is 2.04 bits per heavy atom. The van der Waals surface area contributed by atoms with Crippen molar-refractivity contribution in [2.45, 2.75) is 17.5 Å². The Labute approximate surface area is 151 Å². The normalized spacial score (nSPS) is 12.2. The van der Waals surface area contributed by atoms with Gasteiger partial charge >= 0.3 is 6.18 Å². The fourth-order valence-corrected chi connectivity index (χ4v) is 3.14. The van der Waals surface area contributed by atoms with Gasteiger partial charge in [0.1, 0.15) is 0 Å². The molecule has 0 bridgehead atoms. The molecule has 0 atom stereocenters. The quantitative estimate of drug-likeness (QED) is 0.469. The average molecular weight is 393 g/mol. The van der Waals surface area contributed by atoms with E-state index in [2.05, 4.69) is 16.6 Å². The van der Waals surface area contributed by atoms with Crippen molar-refractivity contribution in [3.8, 4) is 0 Å². The number of nitrogens with zero attached hydrogens (tertiary/aromatic N) is 1. The predicted octanol–water partition coefficient (Wildman–Crippen LogP) is 1.76. The maximum atomic E-state index is 12.2. The third-order valence-electron chi connectivity index (χ3n) is 3.28. The zero-order chi connectivity index (χ0) is 19.8. The van der Waals surface area contributed by atoms with Crippen LogP contribution in [0.3, 0.4) is 0 Å². The molecule has 0 fully saturated rings. The topological polar surface area (TPSA) is 78.5 Å². The molecule has 0 saturated carbocycles. The van der Waals surface area contributed by atoms with Gasteiger partial charge in [0.05, 0.1) is 11.4 Å². The van der Waals surface area contributed by atoms with Gasteiger partial charge in [-0.15, -0.1) is 6.58 Å². The van der Waals surface area contributed by atoms with Gasteiger partial charge in [-0.1, -0.05) is 12.1 Å². The largest absolute Gasteiger partial charge is 0.401 e. The van der Waals surface area contributed by atoms with E-state index in [1.165, 1.54) is 37.4 Å². The van der Waals surface area contributed by atoms with E-state index in [4.69, 9.17) is 0 Å². The summed E-state index contributed by atoms with van der Waals surface area (Å²) < 4.78 is 63.0. The van der Waals surface area contributed by atoms with Crippen LogP contribution in [0.15, 0.2) is 41.8 Å². The van der Waals surface area contributed by atoms with Gasteiger partial charge < -0.3 is 5.32 Å². The van der Waals surface area contributed by atoms with Crippen LogP contribution in [0.1, 0.15) is 16.8 Å². The summed E-state index contributed by atoms with van der Waals surface area (Å²) in [5, 5.41) is 2.56. The van der Waals surface area contributed by atoms with E-state index in [0.717, 1.165) is 4.90 Å². The highest BCUT2D eigenvalue weighted by Gasteiger charge is 2.28. The second kappa shape index (κ2) is 9.70. The lowest BCUT2D eigenvalue weighted by Crippen LogP contribution is -2.33. The molecule has 0 aromatic heterocycles. The molecular weight excluding hydrogens is 371 g/mol. The summed E-state index contributed by atoms with van der Waals surface area (Å²) in [4.78, 5) is 13.1. The summed E-state index contributed by atoms with van der Waals surface area (Å²) in [5.74, 6) is -0.496. The number of benzene rings is 1. The first-order chi connectivity index (χ1) is 12.0. The molecule has 0 radical (unpaired) electrons. The van der Waals surface area contributed by atoms with E-state index in [9.17, 15) is 26.4 Å². The number of nitrogens with one attached hydrogen (secondary N) is 2. The van der Waals surface area contributed by atoms with Crippen LogP contribution in [0.2, 0.25) is 0 Å². The molecule has 0 heterocycles. The fraction of sp³-hybridized carbons (Fsp3) is 0.438. The predicted molar refractivity (Wildman–Crippen MR) is 92.3 cm³/mol. The summed E-state index contributed by atoms with van der Waals surface area (Å²) in [5.41, 5.74) is 0.148. The van der Waals surface area contributed by atoms with E-state index < -0.39 is 28.7 Å². The number of alkyl halides is 3. The van der Waals surface area contributed by atoms with Crippen molar-refractivity contribution in [2.75, 3.05) is 33.2 Å². The lowest BCUT2D eigenvalue weighted by atomic mass is 10.2. The van der Waals surface area contributed by atoms with Crippen molar-refractivity contribution < 1.29 is 26.4 Å². The summed E-state index contributed by atoms with van der Waals surface area (Å²) in [6.07, 6.45) is -2.54. The highest BCUT2D eigenvalue weighted by molar-refractivity contribution is 7.89. The molecule has 6 nitrogen and oxygen atoms in total. The molecule has 1 aromatic rings. The second-order valence-corrected chi connectivity index (χ2v) is 7.40. The van der Waals surface area contributed by atoms with Gasteiger partial charge in [0, 0.05) is 18.7 Å². The van der Waals surface area contributed by atoms with Gasteiger partial charge in [-0.3, -0.25) is 9.69 Å². The molecular formula is C16H22F3N3O3S. The molecule has 10 heteroatoms. The second-order valence-electron chi connectivity index (χ2n) is 5.63. The number of hydrogen-bond donors (Lipinski definition) is 2. The van der Waals surface area contributed by atoms with Crippen molar-refractivity contribution >= 4 is 15.9 Å². The van der Waals surface area contributed by atoms with Gasteiger partial charge in [-0.05, 0) is 38.2 Å². The maximum Gasteiger partial charge on any atom is 0.401 e. The number of carbonyl (C=O) groups excluding carboxylic acids is 1. The number of rotatable bonds is 10. The molecule has 0 spiro atoms. The molecule has 1 amide bonds. The minimum absolute atomic E-state index is 0.0584. The molecule has 0 aliphatic heterocycles. The van der Waals surface area contributed by atoms with Crippen LogP contribution in [-0.4, -0.2) is 58.6 Å². The molecule has 2 N–H and O–H groups in total. The molecule has 0 aliphatic rings. The van der Waals surface area contributed by atoms with Crippen LogP contribution in [0, 0.1) is 0 Å². The lowest BCUT2D eigenvalue weighted by Gasteiger charge is -2.18. The number of halogens is 3.